The van der Waals surface area contributed by atoms with Crippen molar-refractivity contribution in [3.05, 3.63) is 83.4 Å². The minimum absolute atomic E-state index is 0.0321. The summed E-state index contributed by atoms with van der Waals surface area (Å²) in [5.74, 6) is 0.0623. The monoisotopic (exact) mass is 543 g/mol. The Hall–Kier alpha value is -2.84. The number of phenols is 1. The normalized spacial score (nSPS) is 12.9. The lowest BCUT2D eigenvalue weighted by Crippen LogP contribution is -2.37. The van der Waals surface area contributed by atoms with Gasteiger partial charge in [0, 0.05) is 11.1 Å². The highest BCUT2D eigenvalue weighted by Crippen LogP contribution is 2.45. The Morgan fingerprint density at radius 2 is 1.11 bits per heavy atom. The van der Waals surface area contributed by atoms with Crippen LogP contribution in [-0.2, 0) is 30.9 Å². The molecule has 0 saturated carbocycles. The molecule has 0 aliphatic heterocycles. The fraction of sp³-hybridized carbons (Fsp3) is 0.379. The Balaban J connectivity index is 2.48. The molecule has 8 heteroatoms. The van der Waals surface area contributed by atoms with Crippen molar-refractivity contribution < 1.29 is 21.9 Å². The Kier molecular flexibility index (Phi) is 7.87. The van der Waals surface area contributed by atoms with Crippen molar-refractivity contribution in [2.24, 2.45) is 0 Å². The van der Waals surface area contributed by atoms with Crippen LogP contribution in [0.1, 0.15) is 71.1 Å². The highest BCUT2D eigenvalue weighted by Gasteiger charge is 2.39. The first kappa shape index (κ1) is 28.7. The first-order chi connectivity index (χ1) is 17.1. The van der Waals surface area contributed by atoms with Crippen LogP contribution in [0, 0.1) is 6.92 Å². The second-order valence-corrected chi connectivity index (χ2v) is 14.5. The van der Waals surface area contributed by atoms with E-state index in [1.165, 1.54) is 36.4 Å². The molecule has 3 aromatic rings. The number of phenolic OH excluding ortho intramolecular Hbond substituents is 1. The van der Waals surface area contributed by atoms with Crippen molar-refractivity contribution in [3.63, 3.8) is 0 Å². The van der Waals surface area contributed by atoms with Gasteiger partial charge in [-0.2, -0.15) is 3.71 Å². The SMILES string of the molecule is CCC(C)(C)c1cc(N(S(=O)(=O)c2ccccc2)S(=O)(=O)c2ccc(C)cc2)cc(C(C)(C)CC)c1O. The summed E-state index contributed by atoms with van der Waals surface area (Å²) in [6, 6.07) is 16.6. The summed E-state index contributed by atoms with van der Waals surface area (Å²) >= 11 is 0. The number of nitrogens with zero attached hydrogens (tertiary/aromatic N) is 1. The van der Waals surface area contributed by atoms with Crippen LogP contribution in [0.5, 0.6) is 5.75 Å². The third kappa shape index (κ3) is 5.41. The zero-order chi connectivity index (χ0) is 27.8. The molecule has 0 bridgehead atoms. The van der Waals surface area contributed by atoms with E-state index in [9.17, 15) is 21.9 Å². The van der Waals surface area contributed by atoms with Crippen molar-refractivity contribution in [2.75, 3.05) is 3.71 Å². The van der Waals surface area contributed by atoms with Crippen LogP contribution < -0.4 is 3.71 Å². The lowest BCUT2D eigenvalue weighted by molar-refractivity contribution is 0.400. The molecule has 0 aromatic heterocycles. The Labute approximate surface area is 222 Å². The third-order valence-electron chi connectivity index (χ3n) is 7.33. The van der Waals surface area contributed by atoms with Crippen LogP contribution in [0.3, 0.4) is 0 Å². The van der Waals surface area contributed by atoms with Crippen molar-refractivity contribution in [3.8, 4) is 5.75 Å². The van der Waals surface area contributed by atoms with E-state index in [1.54, 1.807) is 30.3 Å². The highest BCUT2D eigenvalue weighted by molar-refractivity contribution is 8.10. The number of aryl methyl sites for hydroxylation is 1. The van der Waals surface area contributed by atoms with E-state index in [4.69, 9.17) is 0 Å². The number of aromatic hydroxyl groups is 1. The zero-order valence-corrected chi connectivity index (χ0v) is 24.2. The highest BCUT2D eigenvalue weighted by atomic mass is 32.3. The molecule has 0 radical (unpaired) electrons. The molecule has 37 heavy (non-hydrogen) atoms. The molecule has 200 valence electrons. The number of sulfonamides is 2. The molecule has 1 N–H and O–H groups in total. The van der Waals surface area contributed by atoms with Crippen LogP contribution in [-0.4, -0.2) is 21.9 Å². The maximum atomic E-state index is 14.1. The minimum Gasteiger partial charge on any atom is -0.507 e. The first-order valence-electron chi connectivity index (χ1n) is 12.4. The average molecular weight is 544 g/mol. The summed E-state index contributed by atoms with van der Waals surface area (Å²) < 4.78 is 56.8. The van der Waals surface area contributed by atoms with Gasteiger partial charge in [0.15, 0.2) is 0 Å². The number of anilines is 1. The van der Waals surface area contributed by atoms with E-state index in [1.807, 2.05) is 48.5 Å². The minimum atomic E-state index is -4.56. The fourth-order valence-corrected chi connectivity index (χ4v) is 7.72. The Morgan fingerprint density at radius 3 is 1.51 bits per heavy atom. The van der Waals surface area contributed by atoms with Crippen molar-refractivity contribution in [2.45, 2.75) is 81.9 Å². The summed E-state index contributed by atoms with van der Waals surface area (Å²) in [5.41, 5.74) is 0.714. The quantitative estimate of drug-likeness (QED) is 0.326. The van der Waals surface area contributed by atoms with Gasteiger partial charge in [0.05, 0.1) is 15.5 Å². The van der Waals surface area contributed by atoms with Crippen molar-refractivity contribution in [1.29, 1.82) is 0 Å². The fourth-order valence-electron chi connectivity index (χ4n) is 4.04. The molecule has 0 fully saturated rings. The Morgan fingerprint density at radius 1 is 0.703 bits per heavy atom. The summed E-state index contributed by atoms with van der Waals surface area (Å²) in [6.07, 6.45) is 1.29. The standard InChI is InChI=1S/C29H37NO5S2/c1-8-28(4,5)25-19-22(20-26(27(25)31)29(6,7)9-2)30(36(32,33)23-13-11-10-12-14-23)37(34,35)24-17-15-21(3)16-18-24/h10-20,31H,8-9H2,1-7H3. The van der Waals surface area contributed by atoms with Gasteiger partial charge in [-0.1, -0.05) is 77.4 Å². The van der Waals surface area contributed by atoms with Crippen LogP contribution in [0.15, 0.2) is 76.5 Å². The smallest absolute Gasteiger partial charge is 0.277 e. The largest absolute Gasteiger partial charge is 0.507 e. The van der Waals surface area contributed by atoms with E-state index in [0.29, 0.717) is 27.7 Å². The predicted molar refractivity (Wildman–Crippen MR) is 149 cm³/mol. The molecule has 0 spiro atoms. The molecular formula is C29H37NO5S2. The van der Waals surface area contributed by atoms with Gasteiger partial charge in [-0.25, -0.2) is 16.8 Å². The molecule has 6 nitrogen and oxygen atoms in total. The zero-order valence-electron chi connectivity index (χ0n) is 22.6. The van der Waals surface area contributed by atoms with E-state index >= 15 is 0 Å². The summed E-state index contributed by atoms with van der Waals surface area (Å²) in [7, 11) is -9.12. The second kappa shape index (κ2) is 10.1. The lowest BCUT2D eigenvalue weighted by atomic mass is 9.75. The lowest BCUT2D eigenvalue weighted by Gasteiger charge is -2.33. The van der Waals surface area contributed by atoms with Gasteiger partial charge >= 0.3 is 0 Å². The molecule has 3 rings (SSSR count). The van der Waals surface area contributed by atoms with E-state index in [0.717, 1.165) is 5.56 Å². The maximum Gasteiger partial charge on any atom is 0.277 e. The van der Waals surface area contributed by atoms with Crippen LogP contribution >= 0.6 is 0 Å². The van der Waals surface area contributed by atoms with Gasteiger partial charge in [-0.3, -0.25) is 0 Å². The van der Waals surface area contributed by atoms with Gasteiger partial charge in [-0.05, 0) is 67.0 Å². The molecule has 0 heterocycles. The Bertz CT molecular complexity index is 1440. The van der Waals surface area contributed by atoms with Crippen molar-refractivity contribution in [1.82, 2.24) is 0 Å². The van der Waals surface area contributed by atoms with E-state index in [-0.39, 0.29) is 21.2 Å². The van der Waals surface area contributed by atoms with E-state index in [2.05, 4.69) is 0 Å². The van der Waals surface area contributed by atoms with Gasteiger partial charge in [0.1, 0.15) is 5.75 Å². The van der Waals surface area contributed by atoms with Crippen LogP contribution in [0.4, 0.5) is 5.69 Å². The van der Waals surface area contributed by atoms with Crippen molar-refractivity contribution >= 4 is 25.7 Å². The molecule has 0 unspecified atom stereocenters. The maximum absolute atomic E-state index is 14.1. The third-order valence-corrected chi connectivity index (χ3v) is 11.5. The summed E-state index contributed by atoms with van der Waals surface area (Å²) in [6.45, 7) is 13.5. The van der Waals surface area contributed by atoms with Crippen LogP contribution in [0.2, 0.25) is 0 Å². The summed E-state index contributed by atoms with van der Waals surface area (Å²) in [5, 5.41) is 11.4. The number of rotatable bonds is 9. The van der Waals surface area contributed by atoms with Gasteiger partial charge in [0.25, 0.3) is 20.0 Å². The van der Waals surface area contributed by atoms with E-state index < -0.39 is 30.9 Å². The van der Waals surface area contributed by atoms with Crippen LogP contribution in [0.25, 0.3) is 0 Å². The average Bonchev–Trinajstić information content (AvgIpc) is 2.85. The van der Waals surface area contributed by atoms with Gasteiger partial charge in [-0.15, -0.1) is 0 Å². The van der Waals surface area contributed by atoms with Gasteiger partial charge in [0.2, 0.25) is 0 Å². The molecule has 0 amide bonds. The first-order valence-corrected chi connectivity index (χ1v) is 15.3. The molecule has 0 saturated heterocycles. The molecule has 0 aliphatic carbocycles. The number of benzene rings is 3. The molecule has 3 aromatic carbocycles. The second-order valence-electron chi connectivity index (χ2n) is 10.7. The summed E-state index contributed by atoms with van der Waals surface area (Å²) in [4.78, 5) is -0.287. The predicted octanol–water partition coefficient (Wildman–Crippen LogP) is 6.66. The molecular weight excluding hydrogens is 506 g/mol. The number of hydrogen-bond acceptors (Lipinski definition) is 5. The topological polar surface area (TPSA) is 91.8 Å². The molecule has 0 atom stereocenters. The van der Waals surface area contributed by atoms with Gasteiger partial charge < -0.3 is 5.11 Å². The number of hydrogen-bond donors (Lipinski definition) is 1. The molecule has 0 aliphatic rings.